The van der Waals surface area contributed by atoms with Gasteiger partial charge >= 0.3 is 0 Å². The van der Waals surface area contributed by atoms with E-state index >= 15 is 0 Å². The van der Waals surface area contributed by atoms with Crippen molar-refractivity contribution in [3.05, 3.63) is 57.7 Å². The van der Waals surface area contributed by atoms with Crippen LogP contribution in [0.2, 0.25) is 0 Å². The standard InChI is InChI=1S/C20H19NO5/c1-11-8-12(2)18-15(9-11)17(23)20(25-10-16(21)22)19(26-18)13-4-6-14(24-3)7-5-13/h4-9H,10H2,1-3H3,(H2,21,22). The van der Waals surface area contributed by atoms with Crippen molar-refractivity contribution in [2.45, 2.75) is 13.8 Å². The largest absolute Gasteiger partial charge is 0.497 e. The monoisotopic (exact) mass is 353 g/mol. The Bertz CT molecular complexity index is 1030. The number of primary amides is 1. The van der Waals surface area contributed by atoms with Crippen LogP contribution in [-0.2, 0) is 4.79 Å². The highest BCUT2D eigenvalue weighted by molar-refractivity contribution is 5.85. The molecule has 3 rings (SSSR count). The minimum Gasteiger partial charge on any atom is -0.497 e. The van der Waals surface area contributed by atoms with E-state index < -0.39 is 12.5 Å². The minimum absolute atomic E-state index is 0.0357. The van der Waals surface area contributed by atoms with Gasteiger partial charge in [0.05, 0.1) is 12.5 Å². The lowest BCUT2D eigenvalue weighted by Crippen LogP contribution is -2.22. The van der Waals surface area contributed by atoms with E-state index in [1.165, 1.54) is 0 Å². The maximum atomic E-state index is 13.0. The Balaban J connectivity index is 2.28. The number of carbonyl (C=O) groups excluding carboxylic acids is 1. The molecule has 0 saturated heterocycles. The average molecular weight is 353 g/mol. The van der Waals surface area contributed by atoms with Gasteiger partial charge in [0.1, 0.15) is 11.3 Å². The second-order valence-corrected chi connectivity index (χ2v) is 6.03. The molecule has 0 aliphatic rings. The zero-order chi connectivity index (χ0) is 18.8. The number of aryl methyl sites for hydroxylation is 2. The van der Waals surface area contributed by atoms with Crippen molar-refractivity contribution in [2.24, 2.45) is 5.73 Å². The molecule has 2 N–H and O–H groups in total. The number of methoxy groups -OCH3 is 1. The molecule has 0 aliphatic carbocycles. The molecule has 6 nitrogen and oxygen atoms in total. The number of hydrogen-bond acceptors (Lipinski definition) is 5. The van der Waals surface area contributed by atoms with Gasteiger partial charge in [0, 0.05) is 5.56 Å². The number of nitrogens with two attached hydrogens (primary N) is 1. The van der Waals surface area contributed by atoms with E-state index in [0.717, 1.165) is 11.1 Å². The number of amides is 1. The van der Waals surface area contributed by atoms with Crippen molar-refractivity contribution in [2.75, 3.05) is 13.7 Å². The van der Waals surface area contributed by atoms with Gasteiger partial charge in [-0.2, -0.15) is 0 Å². The van der Waals surface area contributed by atoms with Gasteiger partial charge in [-0.25, -0.2) is 0 Å². The van der Waals surface area contributed by atoms with Crippen LogP contribution in [-0.4, -0.2) is 19.6 Å². The van der Waals surface area contributed by atoms with Crippen LogP contribution >= 0.6 is 0 Å². The Hall–Kier alpha value is -3.28. The first kappa shape index (κ1) is 17.5. The third-order valence-electron chi connectivity index (χ3n) is 3.99. The maximum absolute atomic E-state index is 13.0. The third kappa shape index (κ3) is 3.26. The molecular weight excluding hydrogens is 334 g/mol. The molecule has 0 fully saturated rings. The number of ether oxygens (including phenoxy) is 2. The lowest BCUT2D eigenvalue weighted by Gasteiger charge is -2.12. The van der Waals surface area contributed by atoms with E-state index in [4.69, 9.17) is 19.6 Å². The number of benzene rings is 2. The summed E-state index contributed by atoms with van der Waals surface area (Å²) in [7, 11) is 1.57. The lowest BCUT2D eigenvalue weighted by atomic mass is 10.1. The molecule has 1 amide bonds. The SMILES string of the molecule is COc1ccc(-c2oc3c(C)cc(C)cc3c(=O)c2OCC(N)=O)cc1. The van der Waals surface area contributed by atoms with E-state index in [1.807, 2.05) is 19.9 Å². The molecule has 26 heavy (non-hydrogen) atoms. The Morgan fingerprint density at radius 1 is 1.15 bits per heavy atom. The van der Waals surface area contributed by atoms with E-state index in [1.54, 1.807) is 37.4 Å². The van der Waals surface area contributed by atoms with Gasteiger partial charge < -0.3 is 19.6 Å². The number of hydrogen-bond donors (Lipinski definition) is 1. The fourth-order valence-corrected chi connectivity index (χ4v) is 2.84. The molecule has 6 heteroatoms. The molecule has 134 valence electrons. The van der Waals surface area contributed by atoms with Crippen LogP contribution in [0.1, 0.15) is 11.1 Å². The number of carbonyl (C=O) groups is 1. The van der Waals surface area contributed by atoms with Crippen molar-refractivity contribution >= 4 is 16.9 Å². The van der Waals surface area contributed by atoms with Gasteiger partial charge in [0.25, 0.3) is 5.91 Å². The highest BCUT2D eigenvalue weighted by Gasteiger charge is 2.19. The smallest absolute Gasteiger partial charge is 0.255 e. The summed E-state index contributed by atoms with van der Waals surface area (Å²) >= 11 is 0. The van der Waals surface area contributed by atoms with Crippen LogP contribution in [0.3, 0.4) is 0 Å². The van der Waals surface area contributed by atoms with Gasteiger partial charge in [0.15, 0.2) is 12.4 Å². The predicted octanol–water partition coefficient (Wildman–Crippen LogP) is 2.95. The number of rotatable bonds is 5. The highest BCUT2D eigenvalue weighted by Crippen LogP contribution is 2.33. The molecule has 0 unspecified atom stereocenters. The molecule has 0 spiro atoms. The molecule has 3 aromatic rings. The summed E-state index contributed by atoms with van der Waals surface area (Å²) in [5.74, 6) is 0.207. The first-order chi connectivity index (χ1) is 12.4. The van der Waals surface area contributed by atoms with Crippen LogP contribution in [0.5, 0.6) is 11.5 Å². The molecule has 0 saturated carbocycles. The van der Waals surface area contributed by atoms with Crippen LogP contribution in [0.25, 0.3) is 22.3 Å². The van der Waals surface area contributed by atoms with Crippen LogP contribution in [0.15, 0.2) is 45.6 Å². The Kier molecular flexibility index (Phi) is 4.67. The van der Waals surface area contributed by atoms with E-state index in [-0.39, 0.29) is 16.9 Å². The Morgan fingerprint density at radius 3 is 2.46 bits per heavy atom. The zero-order valence-corrected chi connectivity index (χ0v) is 14.8. The van der Waals surface area contributed by atoms with E-state index in [0.29, 0.717) is 22.3 Å². The predicted molar refractivity (Wildman–Crippen MR) is 98.6 cm³/mol. The molecule has 0 radical (unpaired) electrons. The zero-order valence-electron chi connectivity index (χ0n) is 14.8. The normalized spacial score (nSPS) is 10.7. The summed E-state index contributed by atoms with van der Waals surface area (Å²) in [5.41, 5.74) is 7.71. The molecule has 1 heterocycles. The quantitative estimate of drug-likeness (QED) is 0.761. The van der Waals surface area contributed by atoms with E-state index in [2.05, 4.69) is 0 Å². The van der Waals surface area contributed by atoms with Gasteiger partial charge in [-0.1, -0.05) is 6.07 Å². The second kappa shape index (κ2) is 6.92. The van der Waals surface area contributed by atoms with Gasteiger partial charge in [-0.3, -0.25) is 9.59 Å². The highest BCUT2D eigenvalue weighted by atomic mass is 16.5. The first-order valence-corrected chi connectivity index (χ1v) is 8.04. The molecule has 0 bridgehead atoms. The third-order valence-corrected chi connectivity index (χ3v) is 3.99. The summed E-state index contributed by atoms with van der Waals surface area (Å²) in [5, 5.41) is 0.402. The van der Waals surface area contributed by atoms with Crippen LogP contribution in [0.4, 0.5) is 0 Å². The van der Waals surface area contributed by atoms with Crippen molar-refractivity contribution in [3.63, 3.8) is 0 Å². The summed E-state index contributed by atoms with van der Waals surface area (Å²) < 4.78 is 16.6. The van der Waals surface area contributed by atoms with Gasteiger partial charge in [-0.05, 0) is 55.3 Å². The van der Waals surface area contributed by atoms with Crippen molar-refractivity contribution in [3.8, 4) is 22.8 Å². The molecule has 2 aromatic carbocycles. The minimum atomic E-state index is -0.675. The van der Waals surface area contributed by atoms with Crippen molar-refractivity contribution in [1.29, 1.82) is 0 Å². The topological polar surface area (TPSA) is 91.8 Å². The van der Waals surface area contributed by atoms with E-state index in [9.17, 15) is 9.59 Å². The van der Waals surface area contributed by atoms with Crippen molar-refractivity contribution < 1.29 is 18.7 Å². The maximum Gasteiger partial charge on any atom is 0.255 e. The Morgan fingerprint density at radius 2 is 1.85 bits per heavy atom. The molecule has 0 aliphatic heterocycles. The molecule has 1 aromatic heterocycles. The summed E-state index contributed by atoms with van der Waals surface area (Å²) in [6, 6.07) is 10.7. The second-order valence-electron chi connectivity index (χ2n) is 6.03. The van der Waals surface area contributed by atoms with Gasteiger partial charge in [-0.15, -0.1) is 0 Å². The summed E-state index contributed by atoms with van der Waals surface area (Å²) in [6.07, 6.45) is 0. The molecule has 0 atom stereocenters. The fraction of sp³-hybridized carbons (Fsp3) is 0.200. The lowest BCUT2D eigenvalue weighted by molar-refractivity contribution is -0.119. The number of fused-ring (bicyclic) bond motifs is 1. The molecular formula is C20H19NO5. The van der Waals surface area contributed by atoms with Crippen molar-refractivity contribution in [1.82, 2.24) is 0 Å². The van der Waals surface area contributed by atoms with Gasteiger partial charge in [0.2, 0.25) is 11.2 Å². The van der Waals surface area contributed by atoms with Crippen LogP contribution in [0, 0.1) is 13.8 Å². The van der Waals surface area contributed by atoms with Crippen LogP contribution < -0.4 is 20.6 Å². The first-order valence-electron chi connectivity index (χ1n) is 8.04. The summed E-state index contributed by atoms with van der Waals surface area (Å²) in [4.78, 5) is 24.1. The fourth-order valence-electron chi connectivity index (χ4n) is 2.84. The average Bonchev–Trinajstić information content (AvgIpc) is 2.61. The Labute approximate surface area is 150 Å². The summed E-state index contributed by atoms with van der Waals surface area (Å²) in [6.45, 7) is 3.36.